The van der Waals surface area contributed by atoms with Crippen molar-refractivity contribution in [3.63, 3.8) is 0 Å². The zero-order valence-electron chi connectivity index (χ0n) is 8.77. The molecule has 3 rings (SSSR count). The summed E-state index contributed by atoms with van der Waals surface area (Å²) in [5.41, 5.74) is 3.16. The van der Waals surface area contributed by atoms with Gasteiger partial charge in [0.05, 0.1) is 11.4 Å². The van der Waals surface area contributed by atoms with Crippen LogP contribution in [0, 0.1) is 0 Å². The molecule has 0 saturated carbocycles. The highest BCUT2D eigenvalue weighted by molar-refractivity contribution is 5.73. The highest BCUT2D eigenvalue weighted by Crippen LogP contribution is 2.28. The van der Waals surface area contributed by atoms with Crippen LogP contribution < -0.4 is 10.6 Å². The van der Waals surface area contributed by atoms with Crippen molar-refractivity contribution in [2.24, 2.45) is 0 Å². The van der Waals surface area contributed by atoms with Crippen LogP contribution in [0.1, 0.15) is 5.69 Å². The van der Waals surface area contributed by atoms with Crippen LogP contribution in [-0.4, -0.2) is 16.5 Å². The van der Waals surface area contributed by atoms with Crippen molar-refractivity contribution in [2.45, 2.75) is 6.42 Å². The lowest BCUT2D eigenvalue weighted by atomic mass is 10.3. The Hall–Kier alpha value is -2.10. The van der Waals surface area contributed by atoms with Gasteiger partial charge in [-0.15, -0.1) is 0 Å². The van der Waals surface area contributed by atoms with E-state index in [1.54, 1.807) is 6.33 Å². The maximum Gasteiger partial charge on any atom is 0.157 e. The van der Waals surface area contributed by atoms with Gasteiger partial charge in [0.25, 0.3) is 0 Å². The number of rotatable bonds is 2. The summed E-state index contributed by atoms with van der Waals surface area (Å²) < 4.78 is 0. The number of hydrogen-bond acceptors (Lipinski definition) is 4. The second-order valence-electron chi connectivity index (χ2n) is 3.71. The summed E-state index contributed by atoms with van der Waals surface area (Å²) in [4.78, 5) is 8.51. The number of para-hydroxylation sites is 1. The van der Waals surface area contributed by atoms with Gasteiger partial charge in [-0.3, -0.25) is 0 Å². The van der Waals surface area contributed by atoms with Gasteiger partial charge in [-0.05, 0) is 12.1 Å². The molecule has 0 atom stereocenters. The largest absolute Gasteiger partial charge is 0.380 e. The predicted molar refractivity (Wildman–Crippen MR) is 64.0 cm³/mol. The summed E-state index contributed by atoms with van der Waals surface area (Å²) in [6, 6.07) is 10.0. The van der Waals surface area contributed by atoms with Crippen LogP contribution in [0.25, 0.3) is 0 Å². The number of nitrogens with zero attached hydrogens (tertiary/aromatic N) is 2. The summed E-state index contributed by atoms with van der Waals surface area (Å²) in [5, 5.41) is 6.59. The van der Waals surface area contributed by atoms with Crippen LogP contribution in [0.5, 0.6) is 0 Å². The zero-order valence-corrected chi connectivity index (χ0v) is 8.77. The number of fused-ring (bicyclic) bond motifs is 1. The maximum atomic E-state index is 4.26. The van der Waals surface area contributed by atoms with E-state index in [-0.39, 0.29) is 0 Å². The average molecular weight is 212 g/mol. The van der Waals surface area contributed by atoms with Crippen molar-refractivity contribution in [3.05, 3.63) is 42.4 Å². The molecule has 0 radical (unpaired) electrons. The molecule has 0 amide bonds. The minimum Gasteiger partial charge on any atom is -0.380 e. The van der Waals surface area contributed by atoms with E-state index in [1.807, 2.05) is 30.3 Å². The Labute approximate surface area is 93.8 Å². The van der Waals surface area contributed by atoms with Crippen LogP contribution in [0.15, 0.2) is 36.7 Å². The molecule has 4 nitrogen and oxygen atoms in total. The van der Waals surface area contributed by atoms with Crippen molar-refractivity contribution in [1.82, 2.24) is 9.97 Å². The number of anilines is 3. The SMILES string of the molecule is c1ccc(Nc2ncnc3c2NCC3)cc1. The molecule has 4 heteroatoms. The first-order valence-corrected chi connectivity index (χ1v) is 5.33. The Bertz CT molecular complexity index is 496. The van der Waals surface area contributed by atoms with Gasteiger partial charge in [-0.2, -0.15) is 0 Å². The molecule has 0 bridgehead atoms. The van der Waals surface area contributed by atoms with E-state index in [9.17, 15) is 0 Å². The molecule has 2 heterocycles. The Kier molecular flexibility index (Phi) is 2.18. The third-order valence-electron chi connectivity index (χ3n) is 2.63. The van der Waals surface area contributed by atoms with Crippen LogP contribution in [0.4, 0.5) is 17.2 Å². The van der Waals surface area contributed by atoms with Crippen molar-refractivity contribution < 1.29 is 0 Å². The van der Waals surface area contributed by atoms with E-state index in [2.05, 4.69) is 20.6 Å². The first kappa shape index (κ1) is 9.15. The lowest BCUT2D eigenvalue weighted by Gasteiger charge is -2.09. The molecule has 0 unspecified atom stereocenters. The third-order valence-corrected chi connectivity index (χ3v) is 2.63. The van der Waals surface area contributed by atoms with E-state index < -0.39 is 0 Å². The fourth-order valence-corrected chi connectivity index (χ4v) is 1.86. The second kappa shape index (κ2) is 3.81. The number of aromatic nitrogens is 2. The van der Waals surface area contributed by atoms with Gasteiger partial charge in [-0.25, -0.2) is 9.97 Å². The standard InChI is InChI=1S/C12H12N4/c1-2-4-9(5-3-1)16-12-11-10(6-7-13-11)14-8-15-12/h1-5,8,13H,6-7H2,(H,14,15,16). The van der Waals surface area contributed by atoms with Crippen molar-refractivity contribution >= 4 is 17.2 Å². The van der Waals surface area contributed by atoms with Crippen molar-refractivity contribution in [2.75, 3.05) is 17.2 Å². The Morgan fingerprint density at radius 3 is 2.88 bits per heavy atom. The number of hydrogen-bond donors (Lipinski definition) is 2. The van der Waals surface area contributed by atoms with E-state index >= 15 is 0 Å². The summed E-state index contributed by atoms with van der Waals surface area (Å²) >= 11 is 0. The topological polar surface area (TPSA) is 49.8 Å². The molecule has 2 aromatic rings. The molecule has 0 aliphatic carbocycles. The van der Waals surface area contributed by atoms with Gasteiger partial charge in [0.15, 0.2) is 5.82 Å². The molecule has 80 valence electrons. The van der Waals surface area contributed by atoms with Gasteiger partial charge in [0.1, 0.15) is 6.33 Å². The van der Waals surface area contributed by atoms with Crippen LogP contribution >= 0.6 is 0 Å². The molecular weight excluding hydrogens is 200 g/mol. The highest BCUT2D eigenvalue weighted by atomic mass is 15.1. The monoisotopic (exact) mass is 212 g/mol. The molecule has 2 N–H and O–H groups in total. The highest BCUT2D eigenvalue weighted by Gasteiger charge is 2.16. The first-order valence-electron chi connectivity index (χ1n) is 5.33. The molecule has 1 aromatic carbocycles. The first-order chi connectivity index (χ1) is 7.93. The molecule has 1 aliphatic heterocycles. The molecule has 0 spiro atoms. The third kappa shape index (κ3) is 1.58. The van der Waals surface area contributed by atoms with Gasteiger partial charge in [0.2, 0.25) is 0 Å². The summed E-state index contributed by atoms with van der Waals surface area (Å²) in [7, 11) is 0. The fourth-order valence-electron chi connectivity index (χ4n) is 1.86. The van der Waals surface area contributed by atoms with Crippen LogP contribution in [0.3, 0.4) is 0 Å². The lowest BCUT2D eigenvalue weighted by Crippen LogP contribution is -1.99. The average Bonchev–Trinajstić information content (AvgIpc) is 2.80. The number of benzene rings is 1. The lowest BCUT2D eigenvalue weighted by molar-refractivity contribution is 1.02. The number of nitrogens with one attached hydrogen (secondary N) is 2. The van der Waals surface area contributed by atoms with E-state index in [0.29, 0.717) is 0 Å². The smallest absolute Gasteiger partial charge is 0.157 e. The molecule has 0 saturated heterocycles. The summed E-state index contributed by atoms with van der Waals surface area (Å²) in [6.07, 6.45) is 2.58. The molecule has 1 aliphatic rings. The van der Waals surface area contributed by atoms with E-state index in [0.717, 1.165) is 35.9 Å². The van der Waals surface area contributed by atoms with Crippen LogP contribution in [0.2, 0.25) is 0 Å². The maximum absolute atomic E-state index is 4.26. The molecular formula is C12H12N4. The van der Waals surface area contributed by atoms with Gasteiger partial charge in [-0.1, -0.05) is 18.2 Å². The van der Waals surface area contributed by atoms with Crippen molar-refractivity contribution in [3.8, 4) is 0 Å². The Morgan fingerprint density at radius 2 is 2.00 bits per heavy atom. The second-order valence-corrected chi connectivity index (χ2v) is 3.71. The van der Waals surface area contributed by atoms with Crippen molar-refractivity contribution in [1.29, 1.82) is 0 Å². The minimum atomic E-state index is 0.855. The van der Waals surface area contributed by atoms with E-state index in [4.69, 9.17) is 0 Å². The van der Waals surface area contributed by atoms with Gasteiger partial charge in [0, 0.05) is 18.7 Å². The minimum absolute atomic E-state index is 0.855. The van der Waals surface area contributed by atoms with Gasteiger partial charge >= 0.3 is 0 Å². The van der Waals surface area contributed by atoms with E-state index in [1.165, 1.54) is 0 Å². The Morgan fingerprint density at radius 1 is 1.12 bits per heavy atom. The normalized spacial score (nSPS) is 13.0. The predicted octanol–water partition coefficient (Wildman–Crippen LogP) is 2.19. The Balaban J connectivity index is 1.94. The molecule has 0 fully saturated rings. The summed E-state index contributed by atoms with van der Waals surface area (Å²) in [6.45, 7) is 0.942. The zero-order chi connectivity index (χ0) is 10.8. The molecule has 1 aromatic heterocycles. The van der Waals surface area contributed by atoms with Gasteiger partial charge < -0.3 is 10.6 Å². The fraction of sp³-hybridized carbons (Fsp3) is 0.167. The van der Waals surface area contributed by atoms with Crippen LogP contribution in [-0.2, 0) is 6.42 Å². The quantitative estimate of drug-likeness (QED) is 0.801. The summed E-state index contributed by atoms with van der Waals surface area (Å²) in [5.74, 6) is 0.855. The molecule has 16 heavy (non-hydrogen) atoms.